The highest BCUT2D eigenvalue weighted by molar-refractivity contribution is 9.10. The largest absolute Gasteiger partial charge is 0.488 e. The minimum atomic E-state index is -0.0320. The third kappa shape index (κ3) is 3.58. The van der Waals surface area contributed by atoms with Crippen molar-refractivity contribution in [3.63, 3.8) is 0 Å². The number of rotatable bonds is 4. The van der Waals surface area contributed by atoms with Gasteiger partial charge in [0, 0.05) is 15.1 Å². The number of benzene rings is 2. The van der Waals surface area contributed by atoms with Gasteiger partial charge >= 0.3 is 0 Å². The Morgan fingerprint density at radius 1 is 1.26 bits per heavy atom. The quantitative estimate of drug-likeness (QED) is 0.742. The van der Waals surface area contributed by atoms with E-state index < -0.39 is 0 Å². The van der Waals surface area contributed by atoms with Gasteiger partial charge in [0.05, 0.1) is 5.56 Å². The smallest absolute Gasteiger partial charge is 0.163 e. The van der Waals surface area contributed by atoms with Crippen LogP contribution < -0.4 is 4.74 Å². The van der Waals surface area contributed by atoms with E-state index in [1.54, 1.807) is 12.1 Å². The van der Waals surface area contributed by atoms with Gasteiger partial charge in [-0.05, 0) is 31.2 Å². The van der Waals surface area contributed by atoms with Gasteiger partial charge in [-0.2, -0.15) is 0 Å². The summed E-state index contributed by atoms with van der Waals surface area (Å²) in [6.07, 6.45) is 0. The summed E-state index contributed by atoms with van der Waals surface area (Å²) in [7, 11) is 0. The first kappa shape index (κ1) is 14.1. The molecule has 98 valence electrons. The summed E-state index contributed by atoms with van der Waals surface area (Å²) < 4.78 is 6.54. The second kappa shape index (κ2) is 6.22. The Kier molecular flexibility index (Phi) is 4.61. The van der Waals surface area contributed by atoms with Crippen molar-refractivity contribution < 1.29 is 9.53 Å². The van der Waals surface area contributed by atoms with Crippen molar-refractivity contribution >= 4 is 33.3 Å². The zero-order chi connectivity index (χ0) is 13.8. The number of Topliss-reactive ketones (excluding diaryl/α,β-unsaturated/α-hetero) is 1. The predicted octanol–water partition coefficient (Wildman–Crippen LogP) is 4.88. The molecule has 19 heavy (non-hydrogen) atoms. The third-order valence-corrected chi connectivity index (χ3v) is 3.52. The van der Waals surface area contributed by atoms with Gasteiger partial charge in [0.1, 0.15) is 12.4 Å². The molecule has 0 aliphatic rings. The van der Waals surface area contributed by atoms with Crippen molar-refractivity contribution in [3.8, 4) is 5.75 Å². The molecule has 0 aromatic heterocycles. The molecule has 2 nitrogen and oxygen atoms in total. The number of hydrogen-bond acceptors (Lipinski definition) is 2. The fraction of sp³-hybridized carbons (Fsp3) is 0.133. The summed E-state index contributed by atoms with van der Waals surface area (Å²) in [4.78, 5) is 11.6. The van der Waals surface area contributed by atoms with Crippen molar-refractivity contribution in [2.75, 3.05) is 0 Å². The van der Waals surface area contributed by atoms with E-state index in [1.807, 2.05) is 30.3 Å². The van der Waals surface area contributed by atoms with Crippen molar-refractivity contribution in [1.29, 1.82) is 0 Å². The molecule has 0 N–H and O–H groups in total. The maximum absolute atomic E-state index is 11.6. The molecular formula is C15H12BrClO2. The minimum Gasteiger partial charge on any atom is -0.488 e. The Balaban J connectivity index is 2.20. The van der Waals surface area contributed by atoms with Crippen LogP contribution in [0.3, 0.4) is 0 Å². The SMILES string of the molecule is CC(=O)c1cc(Br)ccc1OCc1ccccc1Cl. The molecule has 2 rings (SSSR count). The fourth-order valence-corrected chi connectivity index (χ4v) is 2.23. The summed E-state index contributed by atoms with van der Waals surface area (Å²) >= 11 is 9.41. The van der Waals surface area contributed by atoms with Crippen LogP contribution in [0.1, 0.15) is 22.8 Å². The van der Waals surface area contributed by atoms with Gasteiger partial charge in [0.2, 0.25) is 0 Å². The van der Waals surface area contributed by atoms with Gasteiger partial charge in [-0.15, -0.1) is 0 Å². The summed E-state index contributed by atoms with van der Waals surface area (Å²) in [6.45, 7) is 1.85. The van der Waals surface area contributed by atoms with E-state index in [2.05, 4.69) is 15.9 Å². The molecule has 0 atom stereocenters. The lowest BCUT2D eigenvalue weighted by Crippen LogP contribution is -2.02. The highest BCUT2D eigenvalue weighted by Gasteiger charge is 2.10. The molecule has 0 aliphatic heterocycles. The fourth-order valence-electron chi connectivity index (χ4n) is 1.67. The van der Waals surface area contributed by atoms with Crippen LogP contribution >= 0.6 is 27.5 Å². The van der Waals surface area contributed by atoms with Gasteiger partial charge in [-0.25, -0.2) is 0 Å². The summed E-state index contributed by atoms with van der Waals surface area (Å²) in [6, 6.07) is 12.9. The lowest BCUT2D eigenvalue weighted by Gasteiger charge is -2.11. The monoisotopic (exact) mass is 338 g/mol. The molecule has 0 bridgehead atoms. The van der Waals surface area contributed by atoms with Crippen molar-refractivity contribution in [3.05, 3.63) is 63.1 Å². The van der Waals surface area contributed by atoms with Crippen LogP contribution in [0.15, 0.2) is 46.9 Å². The molecule has 0 amide bonds. The standard InChI is InChI=1S/C15H12BrClO2/c1-10(18)13-8-12(16)6-7-15(13)19-9-11-4-2-3-5-14(11)17/h2-8H,9H2,1H3. The molecule has 0 spiro atoms. The van der Waals surface area contributed by atoms with Crippen LogP contribution in [0.5, 0.6) is 5.75 Å². The highest BCUT2D eigenvalue weighted by atomic mass is 79.9. The first-order valence-corrected chi connectivity index (χ1v) is 6.91. The van der Waals surface area contributed by atoms with Crippen LogP contribution in [0.25, 0.3) is 0 Å². The molecule has 4 heteroatoms. The van der Waals surface area contributed by atoms with Gasteiger partial charge < -0.3 is 4.74 Å². The van der Waals surface area contributed by atoms with Crippen LogP contribution in [0.4, 0.5) is 0 Å². The lowest BCUT2D eigenvalue weighted by atomic mass is 10.1. The molecule has 0 heterocycles. The van der Waals surface area contributed by atoms with Crippen LogP contribution in [0.2, 0.25) is 5.02 Å². The Bertz CT molecular complexity index is 611. The number of halogens is 2. The zero-order valence-corrected chi connectivity index (χ0v) is 12.7. The van der Waals surface area contributed by atoms with Gasteiger partial charge in [-0.1, -0.05) is 45.7 Å². The van der Waals surface area contributed by atoms with E-state index in [0.29, 0.717) is 22.9 Å². The van der Waals surface area contributed by atoms with Gasteiger partial charge in [0.25, 0.3) is 0 Å². The second-order valence-electron chi connectivity index (χ2n) is 4.08. The average molecular weight is 340 g/mol. The van der Waals surface area contributed by atoms with Crippen LogP contribution in [-0.2, 0) is 6.61 Å². The number of carbonyl (C=O) groups excluding carboxylic acids is 1. The van der Waals surface area contributed by atoms with Crippen molar-refractivity contribution in [2.45, 2.75) is 13.5 Å². The maximum atomic E-state index is 11.6. The average Bonchev–Trinajstić information content (AvgIpc) is 2.38. The number of carbonyl (C=O) groups is 1. The molecule has 0 fully saturated rings. The van der Waals surface area contributed by atoms with E-state index >= 15 is 0 Å². The Hall–Kier alpha value is -1.32. The van der Waals surface area contributed by atoms with E-state index in [1.165, 1.54) is 6.92 Å². The third-order valence-electron chi connectivity index (χ3n) is 2.66. The predicted molar refractivity (Wildman–Crippen MR) is 79.9 cm³/mol. The van der Waals surface area contributed by atoms with E-state index in [-0.39, 0.29) is 5.78 Å². The highest BCUT2D eigenvalue weighted by Crippen LogP contribution is 2.25. The van der Waals surface area contributed by atoms with E-state index in [4.69, 9.17) is 16.3 Å². The lowest BCUT2D eigenvalue weighted by molar-refractivity contribution is 0.101. The molecule has 0 saturated carbocycles. The van der Waals surface area contributed by atoms with E-state index in [0.717, 1.165) is 10.0 Å². The Morgan fingerprint density at radius 3 is 2.68 bits per heavy atom. The van der Waals surface area contributed by atoms with E-state index in [9.17, 15) is 4.79 Å². The first-order valence-electron chi connectivity index (χ1n) is 5.74. The number of hydrogen-bond donors (Lipinski definition) is 0. The molecule has 0 unspecified atom stereocenters. The molecule has 0 aliphatic carbocycles. The molecule has 0 radical (unpaired) electrons. The first-order chi connectivity index (χ1) is 9.08. The molecule has 0 saturated heterocycles. The zero-order valence-electron chi connectivity index (χ0n) is 10.3. The van der Waals surface area contributed by atoms with Gasteiger partial charge in [-0.3, -0.25) is 4.79 Å². The summed E-state index contributed by atoms with van der Waals surface area (Å²) in [5.41, 5.74) is 1.45. The topological polar surface area (TPSA) is 26.3 Å². The number of ether oxygens (including phenoxy) is 1. The normalized spacial score (nSPS) is 10.3. The van der Waals surface area contributed by atoms with Crippen LogP contribution in [0, 0.1) is 0 Å². The number of ketones is 1. The Labute approximate surface area is 125 Å². The molecule has 2 aromatic rings. The van der Waals surface area contributed by atoms with Gasteiger partial charge in [0.15, 0.2) is 5.78 Å². The van der Waals surface area contributed by atoms with Crippen LogP contribution in [-0.4, -0.2) is 5.78 Å². The minimum absolute atomic E-state index is 0.0320. The molecular weight excluding hydrogens is 328 g/mol. The molecule has 2 aromatic carbocycles. The van der Waals surface area contributed by atoms with Crippen molar-refractivity contribution in [2.24, 2.45) is 0 Å². The maximum Gasteiger partial charge on any atom is 0.163 e. The Morgan fingerprint density at radius 2 is 2.00 bits per heavy atom. The second-order valence-corrected chi connectivity index (χ2v) is 5.40. The summed E-state index contributed by atoms with van der Waals surface area (Å²) in [5.74, 6) is 0.533. The van der Waals surface area contributed by atoms with Crippen molar-refractivity contribution in [1.82, 2.24) is 0 Å². The summed E-state index contributed by atoms with van der Waals surface area (Å²) in [5, 5.41) is 0.656.